The summed E-state index contributed by atoms with van der Waals surface area (Å²) < 4.78 is 5.28. The van der Waals surface area contributed by atoms with Crippen LogP contribution in [0.4, 0.5) is 0 Å². The maximum absolute atomic E-state index is 10.4. The Morgan fingerprint density at radius 2 is 1.72 bits per heavy atom. The molecule has 0 aliphatic heterocycles. The summed E-state index contributed by atoms with van der Waals surface area (Å²) in [6, 6.07) is 13.7. The van der Waals surface area contributed by atoms with Crippen LogP contribution in [-0.4, -0.2) is 12.2 Å². The van der Waals surface area contributed by atoms with E-state index in [0.29, 0.717) is 0 Å². The van der Waals surface area contributed by atoms with Crippen molar-refractivity contribution >= 4 is 0 Å². The third-order valence-electron chi connectivity index (χ3n) is 3.11. The predicted molar refractivity (Wildman–Crippen MR) is 73.0 cm³/mol. The Kier molecular flexibility index (Phi) is 3.68. The highest BCUT2D eigenvalue weighted by molar-refractivity contribution is 5.40. The second-order valence-electron chi connectivity index (χ2n) is 4.55. The molecular formula is C16H18O2. The van der Waals surface area contributed by atoms with Crippen LogP contribution < -0.4 is 4.74 Å². The Balaban J connectivity index is 2.36. The van der Waals surface area contributed by atoms with E-state index in [2.05, 4.69) is 0 Å². The van der Waals surface area contributed by atoms with Crippen molar-refractivity contribution in [2.45, 2.75) is 20.0 Å². The molecule has 0 spiro atoms. The van der Waals surface area contributed by atoms with Crippen molar-refractivity contribution in [1.29, 1.82) is 0 Å². The summed E-state index contributed by atoms with van der Waals surface area (Å²) >= 11 is 0. The van der Waals surface area contributed by atoms with E-state index >= 15 is 0 Å². The first-order chi connectivity index (χ1) is 8.61. The van der Waals surface area contributed by atoms with Gasteiger partial charge in [-0.25, -0.2) is 0 Å². The highest BCUT2D eigenvalue weighted by Gasteiger charge is 2.12. The number of methoxy groups -OCH3 is 1. The summed E-state index contributed by atoms with van der Waals surface area (Å²) in [5.74, 6) is 0.805. The molecule has 2 heteroatoms. The van der Waals surface area contributed by atoms with E-state index < -0.39 is 6.10 Å². The minimum absolute atomic E-state index is 0.612. The number of aryl methyl sites for hydroxylation is 2. The van der Waals surface area contributed by atoms with E-state index in [4.69, 9.17) is 4.74 Å². The lowest BCUT2D eigenvalue weighted by Crippen LogP contribution is -2.01. The Labute approximate surface area is 108 Å². The van der Waals surface area contributed by atoms with Crippen LogP contribution >= 0.6 is 0 Å². The van der Waals surface area contributed by atoms with Gasteiger partial charge in [-0.2, -0.15) is 0 Å². The number of hydrogen-bond donors (Lipinski definition) is 1. The lowest BCUT2D eigenvalue weighted by molar-refractivity contribution is 0.219. The molecule has 18 heavy (non-hydrogen) atoms. The van der Waals surface area contributed by atoms with Crippen molar-refractivity contribution in [3.63, 3.8) is 0 Å². The summed E-state index contributed by atoms with van der Waals surface area (Å²) in [5.41, 5.74) is 3.97. The molecule has 1 unspecified atom stereocenters. The number of hydrogen-bond acceptors (Lipinski definition) is 2. The van der Waals surface area contributed by atoms with Crippen molar-refractivity contribution in [2.75, 3.05) is 7.11 Å². The molecule has 2 aromatic rings. The molecule has 2 rings (SSSR count). The number of benzene rings is 2. The fraction of sp³-hybridized carbons (Fsp3) is 0.250. The third-order valence-corrected chi connectivity index (χ3v) is 3.11. The SMILES string of the molecule is COc1cc(C(O)c2cccc(C)c2)ccc1C. The molecule has 2 nitrogen and oxygen atoms in total. The lowest BCUT2D eigenvalue weighted by atomic mass is 9.99. The molecule has 0 aliphatic carbocycles. The normalized spacial score (nSPS) is 12.2. The largest absolute Gasteiger partial charge is 0.496 e. The first kappa shape index (κ1) is 12.7. The van der Waals surface area contributed by atoms with Crippen LogP contribution in [0.3, 0.4) is 0 Å². The molecule has 0 saturated carbocycles. The van der Waals surface area contributed by atoms with Gasteiger partial charge in [0, 0.05) is 0 Å². The van der Waals surface area contributed by atoms with Crippen LogP contribution in [0.2, 0.25) is 0 Å². The van der Waals surface area contributed by atoms with E-state index in [9.17, 15) is 5.11 Å². The molecule has 0 bridgehead atoms. The maximum Gasteiger partial charge on any atom is 0.122 e. The fourth-order valence-corrected chi connectivity index (χ4v) is 2.04. The average molecular weight is 242 g/mol. The van der Waals surface area contributed by atoms with E-state index in [1.807, 2.05) is 56.3 Å². The summed E-state index contributed by atoms with van der Waals surface area (Å²) in [5, 5.41) is 10.4. The van der Waals surface area contributed by atoms with Gasteiger partial charge in [0.05, 0.1) is 7.11 Å². The van der Waals surface area contributed by atoms with Gasteiger partial charge in [-0.3, -0.25) is 0 Å². The second-order valence-corrected chi connectivity index (χ2v) is 4.55. The topological polar surface area (TPSA) is 29.5 Å². The maximum atomic E-state index is 10.4. The minimum Gasteiger partial charge on any atom is -0.496 e. The van der Waals surface area contributed by atoms with Crippen molar-refractivity contribution in [1.82, 2.24) is 0 Å². The monoisotopic (exact) mass is 242 g/mol. The van der Waals surface area contributed by atoms with Gasteiger partial charge in [-0.05, 0) is 36.6 Å². The van der Waals surface area contributed by atoms with Gasteiger partial charge in [-0.15, -0.1) is 0 Å². The molecule has 0 aromatic heterocycles. The summed E-state index contributed by atoms with van der Waals surface area (Å²) in [6.07, 6.45) is -0.612. The van der Waals surface area contributed by atoms with Crippen molar-refractivity contribution in [3.8, 4) is 5.75 Å². The van der Waals surface area contributed by atoms with E-state index in [0.717, 1.165) is 28.0 Å². The molecule has 0 radical (unpaired) electrons. The minimum atomic E-state index is -0.612. The number of rotatable bonds is 3. The zero-order valence-corrected chi connectivity index (χ0v) is 11.0. The Bertz CT molecular complexity index is 547. The van der Waals surface area contributed by atoms with Crippen molar-refractivity contribution < 1.29 is 9.84 Å². The number of ether oxygens (including phenoxy) is 1. The molecular weight excluding hydrogens is 224 g/mol. The molecule has 2 aromatic carbocycles. The summed E-state index contributed by atoms with van der Waals surface area (Å²) in [7, 11) is 1.64. The van der Waals surface area contributed by atoms with Crippen LogP contribution in [0.15, 0.2) is 42.5 Å². The van der Waals surface area contributed by atoms with Gasteiger partial charge in [0.25, 0.3) is 0 Å². The van der Waals surface area contributed by atoms with Gasteiger partial charge in [0.2, 0.25) is 0 Å². The Hall–Kier alpha value is -1.80. The van der Waals surface area contributed by atoms with Crippen LogP contribution in [0.25, 0.3) is 0 Å². The van der Waals surface area contributed by atoms with Crippen LogP contribution in [-0.2, 0) is 0 Å². The zero-order chi connectivity index (χ0) is 13.1. The zero-order valence-electron chi connectivity index (χ0n) is 11.0. The summed E-state index contributed by atoms with van der Waals surface area (Å²) in [6.45, 7) is 4.01. The van der Waals surface area contributed by atoms with Crippen molar-refractivity contribution in [2.24, 2.45) is 0 Å². The van der Waals surface area contributed by atoms with Gasteiger partial charge in [0.15, 0.2) is 0 Å². The average Bonchev–Trinajstić information content (AvgIpc) is 2.38. The van der Waals surface area contributed by atoms with Crippen LogP contribution in [0.5, 0.6) is 5.75 Å². The lowest BCUT2D eigenvalue weighted by Gasteiger charge is -2.14. The fourth-order valence-electron chi connectivity index (χ4n) is 2.04. The quantitative estimate of drug-likeness (QED) is 0.894. The Morgan fingerprint density at radius 1 is 1.00 bits per heavy atom. The first-order valence-electron chi connectivity index (χ1n) is 6.01. The highest BCUT2D eigenvalue weighted by atomic mass is 16.5. The van der Waals surface area contributed by atoms with E-state index in [-0.39, 0.29) is 0 Å². The molecule has 0 amide bonds. The van der Waals surface area contributed by atoms with Crippen LogP contribution in [0, 0.1) is 13.8 Å². The van der Waals surface area contributed by atoms with Gasteiger partial charge in [-0.1, -0.05) is 42.0 Å². The summed E-state index contributed by atoms with van der Waals surface area (Å²) in [4.78, 5) is 0. The molecule has 0 aliphatic rings. The van der Waals surface area contributed by atoms with Gasteiger partial charge in [0.1, 0.15) is 11.9 Å². The smallest absolute Gasteiger partial charge is 0.122 e. The first-order valence-corrected chi connectivity index (χ1v) is 6.01. The Morgan fingerprint density at radius 3 is 2.39 bits per heavy atom. The molecule has 1 N–H and O–H groups in total. The van der Waals surface area contributed by atoms with Crippen LogP contribution in [0.1, 0.15) is 28.4 Å². The van der Waals surface area contributed by atoms with Gasteiger partial charge < -0.3 is 9.84 Å². The van der Waals surface area contributed by atoms with E-state index in [1.54, 1.807) is 7.11 Å². The van der Waals surface area contributed by atoms with E-state index in [1.165, 1.54) is 0 Å². The molecule has 94 valence electrons. The number of aliphatic hydroxyl groups is 1. The molecule has 0 heterocycles. The molecule has 0 fully saturated rings. The van der Waals surface area contributed by atoms with Gasteiger partial charge >= 0.3 is 0 Å². The highest BCUT2D eigenvalue weighted by Crippen LogP contribution is 2.27. The van der Waals surface area contributed by atoms with Crippen molar-refractivity contribution in [3.05, 3.63) is 64.7 Å². The third kappa shape index (κ3) is 2.54. The standard InChI is InChI=1S/C16H18O2/c1-11-5-4-6-13(9-11)16(17)14-8-7-12(2)15(10-14)18-3/h4-10,16-17H,1-3H3. The second kappa shape index (κ2) is 5.23. The predicted octanol–water partition coefficient (Wildman–Crippen LogP) is 3.39. The molecule has 0 saturated heterocycles. The number of aliphatic hydroxyl groups excluding tert-OH is 1. The molecule has 1 atom stereocenters.